The zero-order valence-electron chi connectivity index (χ0n) is 19.1. The van der Waals surface area contributed by atoms with E-state index >= 15 is 0 Å². The van der Waals surface area contributed by atoms with Crippen molar-refractivity contribution in [2.45, 2.75) is 12.6 Å². The molecule has 3 aromatic carbocycles. The number of nitrogen functional groups attached to an aromatic ring is 1. The van der Waals surface area contributed by atoms with Gasteiger partial charge in [-0.15, -0.1) is 12.4 Å². The van der Waals surface area contributed by atoms with Gasteiger partial charge in [0.25, 0.3) is 0 Å². The van der Waals surface area contributed by atoms with Gasteiger partial charge in [0, 0.05) is 17.8 Å². The third-order valence-corrected chi connectivity index (χ3v) is 5.10. The van der Waals surface area contributed by atoms with E-state index in [0.29, 0.717) is 23.4 Å². The number of nitrogens with zero attached hydrogens (tertiary/aromatic N) is 1. The lowest BCUT2D eigenvalue weighted by atomic mass is 10.0. The number of benzene rings is 3. The Labute approximate surface area is 208 Å². The predicted octanol–water partition coefficient (Wildman–Crippen LogP) is 3.79. The zero-order chi connectivity index (χ0) is 24.7. The predicted molar refractivity (Wildman–Crippen MR) is 136 cm³/mol. The number of nitro groups is 1. The summed E-state index contributed by atoms with van der Waals surface area (Å²) in [6, 6.07) is 18.0. The number of halogens is 1. The number of amides is 1. The second-order valence-electron chi connectivity index (χ2n) is 7.30. The molecule has 0 spiro atoms. The molecule has 0 fully saturated rings. The maximum absolute atomic E-state index is 13.3. The van der Waals surface area contributed by atoms with Gasteiger partial charge < -0.3 is 25.8 Å². The summed E-state index contributed by atoms with van der Waals surface area (Å²) in [5.74, 6) is -0.506. The fraction of sp³-hybridized carbons (Fsp3) is 0.167. The Morgan fingerprint density at radius 3 is 2.11 bits per heavy atom. The smallest absolute Gasteiger partial charge is 0.352 e. The number of nitro benzene ring substituents is 1. The maximum atomic E-state index is 13.3. The first-order valence-electron chi connectivity index (χ1n) is 10.3. The molecule has 0 bridgehead atoms. The van der Waals surface area contributed by atoms with E-state index < -0.39 is 11.0 Å². The Bertz CT molecular complexity index is 1160. The lowest BCUT2D eigenvalue weighted by Crippen LogP contribution is -2.33. The number of carbonyl (C=O) groups is 1. The molecule has 0 saturated carbocycles. The summed E-state index contributed by atoms with van der Waals surface area (Å²) >= 11 is 0. The Hall–Kier alpha value is -4.31. The van der Waals surface area contributed by atoms with Gasteiger partial charge in [0.15, 0.2) is 0 Å². The largest absolute Gasteiger partial charge is 0.490 e. The standard InChI is InChI=1S/C24H25N5O5.ClH/c1-33-19-12-17(13-20(34-2)22(19)29(31)32)21(24(30)27-14-15-6-4-3-5-7-15)28-18-10-8-16(9-11-18)23(25)26;/h3-13,21,28H,14H2,1-2H3,(H3,25,26)(H,27,30);1H. The molecule has 1 unspecified atom stereocenters. The van der Waals surface area contributed by atoms with E-state index in [2.05, 4.69) is 10.6 Å². The number of amidine groups is 1. The molecule has 0 heterocycles. The third kappa shape index (κ3) is 6.61. The summed E-state index contributed by atoms with van der Waals surface area (Å²) < 4.78 is 10.4. The van der Waals surface area contributed by atoms with Crippen LogP contribution in [0.4, 0.5) is 11.4 Å². The first kappa shape index (κ1) is 26.9. The van der Waals surface area contributed by atoms with Gasteiger partial charge in [0.2, 0.25) is 17.4 Å². The minimum atomic E-state index is -0.935. The molecule has 1 atom stereocenters. The highest BCUT2D eigenvalue weighted by atomic mass is 35.5. The van der Waals surface area contributed by atoms with Crippen LogP contribution in [0.5, 0.6) is 11.5 Å². The molecule has 0 radical (unpaired) electrons. The van der Waals surface area contributed by atoms with Crippen LogP contribution in [0.3, 0.4) is 0 Å². The van der Waals surface area contributed by atoms with Crippen LogP contribution >= 0.6 is 12.4 Å². The number of hydrogen-bond acceptors (Lipinski definition) is 7. The summed E-state index contributed by atoms with van der Waals surface area (Å²) in [7, 11) is 2.62. The van der Waals surface area contributed by atoms with Gasteiger partial charge in [-0.25, -0.2) is 0 Å². The van der Waals surface area contributed by atoms with Crippen molar-refractivity contribution in [1.29, 1.82) is 5.41 Å². The summed E-state index contributed by atoms with van der Waals surface area (Å²) in [4.78, 5) is 24.2. The molecular weight excluding hydrogens is 474 g/mol. The summed E-state index contributed by atoms with van der Waals surface area (Å²) in [5.41, 5.74) is 7.63. The molecule has 1 amide bonds. The number of nitrogens with one attached hydrogen (secondary N) is 3. The molecule has 5 N–H and O–H groups in total. The lowest BCUT2D eigenvalue weighted by molar-refractivity contribution is -0.386. The topological polar surface area (TPSA) is 153 Å². The molecule has 3 rings (SSSR count). The van der Waals surface area contributed by atoms with Crippen molar-refractivity contribution >= 4 is 35.5 Å². The van der Waals surface area contributed by atoms with E-state index in [9.17, 15) is 14.9 Å². The first-order chi connectivity index (χ1) is 16.3. The number of nitrogens with two attached hydrogens (primary N) is 1. The fourth-order valence-corrected chi connectivity index (χ4v) is 3.36. The first-order valence-corrected chi connectivity index (χ1v) is 10.3. The Kier molecular flexibility index (Phi) is 9.42. The number of ether oxygens (including phenoxy) is 2. The van der Waals surface area contributed by atoms with Crippen LogP contribution in [0.1, 0.15) is 22.7 Å². The van der Waals surface area contributed by atoms with Gasteiger partial charge in [-0.1, -0.05) is 30.3 Å². The molecule has 11 heteroatoms. The minimum absolute atomic E-state index is 0. The van der Waals surface area contributed by atoms with Crippen molar-refractivity contribution in [2.24, 2.45) is 5.73 Å². The van der Waals surface area contributed by atoms with Crippen LogP contribution in [-0.4, -0.2) is 30.9 Å². The third-order valence-electron chi connectivity index (χ3n) is 5.10. The monoisotopic (exact) mass is 499 g/mol. The van der Waals surface area contributed by atoms with Gasteiger partial charge in [-0.05, 0) is 47.5 Å². The van der Waals surface area contributed by atoms with Crippen molar-refractivity contribution in [3.8, 4) is 11.5 Å². The van der Waals surface area contributed by atoms with E-state index in [1.165, 1.54) is 26.4 Å². The van der Waals surface area contributed by atoms with Crippen molar-refractivity contribution in [2.75, 3.05) is 19.5 Å². The zero-order valence-corrected chi connectivity index (χ0v) is 19.9. The molecule has 0 saturated heterocycles. The lowest BCUT2D eigenvalue weighted by Gasteiger charge is -2.21. The van der Waals surface area contributed by atoms with Gasteiger partial charge >= 0.3 is 5.69 Å². The number of carbonyl (C=O) groups excluding carboxylic acids is 1. The molecule has 0 aliphatic carbocycles. The minimum Gasteiger partial charge on any atom is -0.490 e. The van der Waals surface area contributed by atoms with Crippen LogP contribution in [0.2, 0.25) is 0 Å². The highest BCUT2D eigenvalue weighted by molar-refractivity contribution is 5.95. The quantitative estimate of drug-likeness (QED) is 0.143. The maximum Gasteiger partial charge on any atom is 0.352 e. The van der Waals surface area contributed by atoms with E-state index in [1.807, 2.05) is 30.3 Å². The van der Waals surface area contributed by atoms with Gasteiger partial charge in [-0.2, -0.15) is 0 Å². The second-order valence-corrected chi connectivity index (χ2v) is 7.30. The van der Waals surface area contributed by atoms with E-state index in [-0.39, 0.29) is 41.3 Å². The fourth-order valence-electron chi connectivity index (χ4n) is 3.36. The average molecular weight is 500 g/mol. The van der Waals surface area contributed by atoms with Crippen molar-refractivity contribution in [3.63, 3.8) is 0 Å². The average Bonchev–Trinajstić information content (AvgIpc) is 2.85. The summed E-state index contributed by atoms with van der Waals surface area (Å²) in [6.07, 6.45) is 0. The van der Waals surface area contributed by atoms with E-state index in [4.69, 9.17) is 20.6 Å². The number of rotatable bonds is 10. The molecule has 3 aromatic rings. The van der Waals surface area contributed by atoms with Gasteiger partial charge in [-0.3, -0.25) is 20.3 Å². The van der Waals surface area contributed by atoms with Crippen molar-refractivity contribution < 1.29 is 19.2 Å². The van der Waals surface area contributed by atoms with Gasteiger partial charge in [0.1, 0.15) is 11.9 Å². The molecule has 0 aliphatic rings. The molecule has 0 aromatic heterocycles. The molecule has 10 nitrogen and oxygen atoms in total. The second kappa shape index (κ2) is 12.2. The summed E-state index contributed by atoms with van der Waals surface area (Å²) in [5, 5.41) is 25.1. The van der Waals surface area contributed by atoms with Crippen LogP contribution in [0.25, 0.3) is 0 Å². The highest BCUT2D eigenvalue weighted by Crippen LogP contribution is 2.40. The van der Waals surface area contributed by atoms with Crippen molar-refractivity contribution in [3.05, 3.63) is 93.5 Å². The molecule has 184 valence electrons. The van der Waals surface area contributed by atoms with Crippen molar-refractivity contribution in [1.82, 2.24) is 5.32 Å². The summed E-state index contributed by atoms with van der Waals surface area (Å²) in [6.45, 7) is 0.294. The van der Waals surface area contributed by atoms with Crippen LogP contribution in [0.15, 0.2) is 66.7 Å². The highest BCUT2D eigenvalue weighted by Gasteiger charge is 2.28. The van der Waals surface area contributed by atoms with Gasteiger partial charge in [0.05, 0.1) is 19.1 Å². The van der Waals surface area contributed by atoms with Crippen LogP contribution in [-0.2, 0) is 11.3 Å². The van der Waals surface area contributed by atoms with Crippen LogP contribution in [0, 0.1) is 15.5 Å². The van der Waals surface area contributed by atoms with E-state index in [1.54, 1.807) is 24.3 Å². The van der Waals surface area contributed by atoms with Crippen LogP contribution < -0.4 is 25.8 Å². The van der Waals surface area contributed by atoms with E-state index in [0.717, 1.165) is 5.56 Å². The Balaban J connectivity index is 0.00000432. The molecular formula is C24H26ClN5O5. The Morgan fingerprint density at radius 1 is 1.06 bits per heavy atom. The number of methoxy groups -OCH3 is 2. The normalized spacial score (nSPS) is 10.9. The SMILES string of the molecule is COc1cc(C(Nc2ccc(C(=N)N)cc2)C(=O)NCc2ccccc2)cc(OC)c1[N+](=O)[O-].Cl. The molecule has 35 heavy (non-hydrogen) atoms. The number of anilines is 1. The molecule has 0 aliphatic heterocycles. The number of hydrogen-bond donors (Lipinski definition) is 4. The Morgan fingerprint density at radius 2 is 1.63 bits per heavy atom.